The Labute approximate surface area is 122 Å². The number of nitrogens with one attached hydrogen (secondary N) is 2. The van der Waals surface area contributed by atoms with E-state index in [0.717, 1.165) is 0 Å². The van der Waals surface area contributed by atoms with Gasteiger partial charge in [0, 0.05) is 5.69 Å². The van der Waals surface area contributed by atoms with Crippen LogP contribution in [0.1, 0.15) is 13.8 Å². The van der Waals surface area contributed by atoms with Crippen molar-refractivity contribution >= 4 is 27.7 Å². The van der Waals surface area contributed by atoms with E-state index < -0.39 is 28.1 Å². The van der Waals surface area contributed by atoms with Crippen LogP contribution in [0, 0.1) is 5.92 Å². The van der Waals surface area contributed by atoms with Gasteiger partial charge >= 0.3 is 12.0 Å². The van der Waals surface area contributed by atoms with Gasteiger partial charge in [0.2, 0.25) is 10.0 Å². The lowest BCUT2D eigenvalue weighted by Crippen LogP contribution is -2.46. The van der Waals surface area contributed by atoms with E-state index >= 15 is 0 Å². The van der Waals surface area contributed by atoms with Crippen LogP contribution in [-0.2, 0) is 14.8 Å². The fourth-order valence-corrected chi connectivity index (χ4v) is 2.07. The minimum Gasteiger partial charge on any atom is -0.480 e. The zero-order valence-electron chi connectivity index (χ0n) is 11.5. The Morgan fingerprint density at radius 3 is 2.10 bits per heavy atom. The molecule has 9 heteroatoms. The van der Waals surface area contributed by atoms with E-state index in [0.29, 0.717) is 5.69 Å². The smallest absolute Gasteiger partial charge is 0.326 e. The van der Waals surface area contributed by atoms with Crippen molar-refractivity contribution in [1.82, 2.24) is 5.32 Å². The number of carboxylic acids is 1. The zero-order chi connectivity index (χ0) is 16.2. The standard InChI is InChI=1S/C12H17N3O5S/c1-7(2)10(11(16)17)15-12(18)14-8-3-5-9(6-4-8)21(13,19)20/h3-7,10H,1-2H3,(H,16,17)(H2,13,19,20)(H2,14,15,18)/t10-/m1/s1. The number of anilines is 1. The predicted molar refractivity (Wildman–Crippen MR) is 76.2 cm³/mol. The largest absolute Gasteiger partial charge is 0.480 e. The minimum atomic E-state index is -3.80. The molecule has 1 aromatic rings. The molecule has 0 aliphatic rings. The van der Waals surface area contributed by atoms with Crippen molar-refractivity contribution in [2.75, 3.05) is 5.32 Å². The quantitative estimate of drug-likeness (QED) is 0.629. The summed E-state index contributed by atoms with van der Waals surface area (Å²) in [6, 6.07) is 3.46. The van der Waals surface area contributed by atoms with Gasteiger partial charge < -0.3 is 15.7 Å². The summed E-state index contributed by atoms with van der Waals surface area (Å²) in [6.07, 6.45) is 0. The van der Waals surface area contributed by atoms with Crippen LogP contribution >= 0.6 is 0 Å². The van der Waals surface area contributed by atoms with E-state index in [4.69, 9.17) is 10.2 Å². The van der Waals surface area contributed by atoms with Gasteiger partial charge in [0.1, 0.15) is 6.04 Å². The summed E-state index contributed by atoms with van der Waals surface area (Å²) in [4.78, 5) is 22.6. The molecule has 0 aromatic heterocycles. The number of carbonyl (C=O) groups is 2. The molecule has 0 aliphatic carbocycles. The molecule has 0 aliphatic heterocycles. The molecule has 0 bridgehead atoms. The molecule has 2 amide bonds. The van der Waals surface area contributed by atoms with Gasteiger partial charge in [-0.25, -0.2) is 23.1 Å². The third kappa shape index (κ3) is 5.04. The van der Waals surface area contributed by atoms with Crippen LogP contribution in [0.5, 0.6) is 0 Å². The number of carboxylic acid groups (broad SMARTS) is 1. The molecule has 21 heavy (non-hydrogen) atoms. The normalized spacial score (nSPS) is 12.8. The van der Waals surface area contributed by atoms with Crippen LogP contribution in [0.3, 0.4) is 0 Å². The average Bonchev–Trinajstić information content (AvgIpc) is 2.34. The number of hydrogen-bond donors (Lipinski definition) is 4. The van der Waals surface area contributed by atoms with Crippen LogP contribution in [0.15, 0.2) is 29.2 Å². The summed E-state index contributed by atoms with van der Waals surface area (Å²) < 4.78 is 22.1. The topological polar surface area (TPSA) is 139 Å². The number of primary sulfonamides is 1. The summed E-state index contributed by atoms with van der Waals surface area (Å²) in [5.74, 6) is -1.41. The number of hydrogen-bond acceptors (Lipinski definition) is 4. The Hall–Kier alpha value is -2.13. The van der Waals surface area contributed by atoms with Crippen molar-refractivity contribution in [3.63, 3.8) is 0 Å². The van der Waals surface area contributed by atoms with Crippen LogP contribution in [0.25, 0.3) is 0 Å². The van der Waals surface area contributed by atoms with Crippen molar-refractivity contribution in [3.05, 3.63) is 24.3 Å². The first-order valence-electron chi connectivity index (χ1n) is 6.04. The molecule has 0 heterocycles. The number of rotatable bonds is 5. The second kappa shape index (κ2) is 6.55. The second-order valence-corrected chi connectivity index (χ2v) is 6.29. The molecule has 0 saturated heterocycles. The molecular formula is C12H17N3O5S. The first-order valence-corrected chi connectivity index (χ1v) is 7.59. The van der Waals surface area contributed by atoms with Gasteiger partial charge in [0.25, 0.3) is 0 Å². The van der Waals surface area contributed by atoms with Crippen LogP contribution < -0.4 is 15.8 Å². The van der Waals surface area contributed by atoms with Crippen molar-refractivity contribution in [1.29, 1.82) is 0 Å². The van der Waals surface area contributed by atoms with Crippen LogP contribution in [-0.4, -0.2) is 31.6 Å². The van der Waals surface area contributed by atoms with Gasteiger partial charge in [-0.1, -0.05) is 13.8 Å². The van der Waals surface area contributed by atoms with Gasteiger partial charge in [-0.15, -0.1) is 0 Å². The first-order chi connectivity index (χ1) is 9.61. The summed E-state index contributed by atoms with van der Waals surface area (Å²) in [6.45, 7) is 3.33. The Balaban J connectivity index is 2.73. The van der Waals surface area contributed by atoms with E-state index in [1.807, 2.05) is 0 Å². The molecule has 0 radical (unpaired) electrons. The fourth-order valence-electron chi connectivity index (χ4n) is 1.55. The highest BCUT2D eigenvalue weighted by molar-refractivity contribution is 7.89. The molecule has 0 spiro atoms. The lowest BCUT2D eigenvalue weighted by atomic mass is 10.1. The van der Waals surface area contributed by atoms with Crippen molar-refractivity contribution in [2.45, 2.75) is 24.8 Å². The van der Waals surface area contributed by atoms with Gasteiger partial charge in [-0.05, 0) is 30.2 Å². The Kier molecular flexibility index (Phi) is 5.28. The molecule has 0 fully saturated rings. The molecule has 8 nitrogen and oxygen atoms in total. The van der Waals surface area contributed by atoms with Gasteiger partial charge in [0.15, 0.2) is 0 Å². The highest BCUT2D eigenvalue weighted by Gasteiger charge is 2.23. The van der Waals surface area contributed by atoms with E-state index in [2.05, 4.69) is 10.6 Å². The summed E-state index contributed by atoms with van der Waals surface area (Å²) in [5, 5.41) is 18.6. The maximum absolute atomic E-state index is 11.7. The number of aliphatic carboxylic acids is 1. The predicted octanol–water partition coefficient (Wildman–Crippen LogP) is 0.565. The van der Waals surface area contributed by atoms with Gasteiger partial charge in [-0.3, -0.25) is 0 Å². The maximum Gasteiger partial charge on any atom is 0.326 e. The number of sulfonamides is 1. The number of nitrogens with two attached hydrogens (primary N) is 1. The van der Waals surface area contributed by atoms with E-state index in [1.54, 1.807) is 13.8 Å². The monoisotopic (exact) mass is 315 g/mol. The highest BCUT2D eigenvalue weighted by Crippen LogP contribution is 2.12. The van der Waals surface area contributed by atoms with Crippen molar-refractivity contribution in [3.8, 4) is 0 Å². The van der Waals surface area contributed by atoms with Crippen molar-refractivity contribution in [2.24, 2.45) is 11.1 Å². The van der Waals surface area contributed by atoms with Gasteiger partial charge in [-0.2, -0.15) is 0 Å². The summed E-state index contributed by atoms with van der Waals surface area (Å²) in [5.41, 5.74) is 0.313. The van der Waals surface area contributed by atoms with Gasteiger partial charge in [0.05, 0.1) is 4.90 Å². The number of amides is 2. The van der Waals surface area contributed by atoms with Crippen LogP contribution in [0.2, 0.25) is 0 Å². The molecule has 1 aromatic carbocycles. The number of benzene rings is 1. The lowest BCUT2D eigenvalue weighted by molar-refractivity contribution is -0.140. The Morgan fingerprint density at radius 2 is 1.71 bits per heavy atom. The summed E-state index contributed by atoms with van der Waals surface area (Å²) >= 11 is 0. The third-order valence-corrected chi connectivity index (χ3v) is 3.59. The molecule has 5 N–H and O–H groups in total. The van der Waals surface area contributed by atoms with E-state index in [1.165, 1.54) is 24.3 Å². The lowest BCUT2D eigenvalue weighted by Gasteiger charge is -2.18. The zero-order valence-corrected chi connectivity index (χ0v) is 12.3. The maximum atomic E-state index is 11.7. The number of carbonyl (C=O) groups excluding carboxylic acids is 1. The minimum absolute atomic E-state index is 0.0842. The first kappa shape index (κ1) is 16.9. The molecular weight excluding hydrogens is 298 g/mol. The third-order valence-electron chi connectivity index (χ3n) is 2.66. The second-order valence-electron chi connectivity index (χ2n) is 4.73. The molecule has 0 unspecified atom stereocenters. The van der Waals surface area contributed by atoms with Crippen LogP contribution in [0.4, 0.5) is 10.5 Å². The van der Waals surface area contributed by atoms with E-state index in [-0.39, 0.29) is 10.8 Å². The average molecular weight is 315 g/mol. The molecule has 0 saturated carbocycles. The van der Waals surface area contributed by atoms with Crippen molar-refractivity contribution < 1.29 is 23.1 Å². The number of urea groups is 1. The molecule has 1 rings (SSSR count). The Bertz CT molecular complexity index is 625. The Morgan fingerprint density at radius 1 is 1.19 bits per heavy atom. The summed E-state index contributed by atoms with van der Waals surface area (Å²) in [7, 11) is -3.80. The molecule has 1 atom stereocenters. The highest BCUT2D eigenvalue weighted by atomic mass is 32.2. The SMILES string of the molecule is CC(C)[C@@H](NC(=O)Nc1ccc(S(N)(=O)=O)cc1)C(=O)O. The van der Waals surface area contributed by atoms with E-state index in [9.17, 15) is 18.0 Å². The fraction of sp³-hybridized carbons (Fsp3) is 0.333. The molecule has 116 valence electrons.